The molecule has 6 heteroatoms. The number of rotatable bonds is 6. The lowest BCUT2D eigenvalue weighted by molar-refractivity contribution is 0.230. The molecule has 2 rings (SSSR count). The molecule has 112 valence electrons. The van der Waals surface area contributed by atoms with Gasteiger partial charge in [0.1, 0.15) is 0 Å². The molecule has 3 N–H and O–H groups in total. The summed E-state index contributed by atoms with van der Waals surface area (Å²) in [5, 5.41) is 18.5. The summed E-state index contributed by atoms with van der Waals surface area (Å²) in [6, 6.07) is 9.39. The summed E-state index contributed by atoms with van der Waals surface area (Å²) in [5.41, 5.74) is 1.95. The third kappa shape index (κ3) is 4.61. The zero-order chi connectivity index (χ0) is 15.1. The average molecular weight is 288 g/mol. The van der Waals surface area contributed by atoms with Crippen LogP contribution in [0.2, 0.25) is 0 Å². The zero-order valence-electron chi connectivity index (χ0n) is 12.0. The summed E-state index contributed by atoms with van der Waals surface area (Å²) in [5.74, 6) is 0. The van der Waals surface area contributed by atoms with Crippen molar-refractivity contribution >= 4 is 6.03 Å². The number of hydrogen-bond acceptors (Lipinski definition) is 3. The van der Waals surface area contributed by atoms with Gasteiger partial charge in [0.25, 0.3) is 0 Å². The van der Waals surface area contributed by atoms with Gasteiger partial charge in [-0.15, -0.1) is 0 Å². The summed E-state index contributed by atoms with van der Waals surface area (Å²) >= 11 is 0. The molecule has 0 bridgehead atoms. The Balaban J connectivity index is 1.89. The van der Waals surface area contributed by atoms with Gasteiger partial charge >= 0.3 is 6.03 Å². The zero-order valence-corrected chi connectivity index (χ0v) is 12.0. The van der Waals surface area contributed by atoms with Crippen LogP contribution >= 0.6 is 0 Å². The highest BCUT2D eigenvalue weighted by Gasteiger charge is 2.06. The number of carbonyl (C=O) groups excluding carboxylic acids is 1. The molecule has 0 radical (unpaired) electrons. The second kappa shape index (κ2) is 7.44. The van der Waals surface area contributed by atoms with E-state index >= 15 is 0 Å². The number of hydrogen-bond donors (Lipinski definition) is 3. The van der Waals surface area contributed by atoms with E-state index in [9.17, 15) is 4.79 Å². The van der Waals surface area contributed by atoms with E-state index in [-0.39, 0.29) is 18.7 Å². The third-order valence-electron chi connectivity index (χ3n) is 3.07. The molecule has 0 unspecified atom stereocenters. The maximum absolute atomic E-state index is 11.7. The SMILES string of the molecule is C[C@H](CCO)NC(=O)NCc1cccc(-n2cccn2)c1. The molecule has 1 aromatic heterocycles. The molecule has 1 aromatic carbocycles. The van der Waals surface area contributed by atoms with E-state index in [1.54, 1.807) is 10.9 Å². The molecule has 0 saturated carbocycles. The van der Waals surface area contributed by atoms with Gasteiger partial charge in [-0.3, -0.25) is 0 Å². The number of carbonyl (C=O) groups is 1. The normalized spacial score (nSPS) is 11.9. The fraction of sp³-hybridized carbons (Fsp3) is 0.333. The van der Waals surface area contributed by atoms with E-state index in [1.165, 1.54) is 0 Å². The molecular weight excluding hydrogens is 268 g/mol. The molecule has 1 atom stereocenters. The minimum absolute atomic E-state index is 0.0505. The monoisotopic (exact) mass is 288 g/mol. The molecule has 1 heterocycles. The second-order valence-corrected chi connectivity index (χ2v) is 4.86. The van der Waals surface area contributed by atoms with Crippen LogP contribution in [0.5, 0.6) is 0 Å². The van der Waals surface area contributed by atoms with Crippen molar-refractivity contribution in [3.05, 3.63) is 48.3 Å². The largest absolute Gasteiger partial charge is 0.396 e. The van der Waals surface area contributed by atoms with Crippen molar-refractivity contribution in [2.24, 2.45) is 0 Å². The molecule has 0 saturated heterocycles. The Bertz CT molecular complexity index is 569. The average Bonchev–Trinajstić information content (AvgIpc) is 3.00. The van der Waals surface area contributed by atoms with Gasteiger partial charge in [-0.25, -0.2) is 9.48 Å². The molecule has 21 heavy (non-hydrogen) atoms. The van der Waals surface area contributed by atoms with Gasteiger partial charge in [-0.05, 0) is 37.1 Å². The van der Waals surface area contributed by atoms with E-state index < -0.39 is 0 Å². The van der Waals surface area contributed by atoms with Gasteiger partial charge in [-0.2, -0.15) is 5.10 Å². The number of aliphatic hydroxyl groups is 1. The number of nitrogens with zero attached hydrogens (tertiary/aromatic N) is 2. The smallest absolute Gasteiger partial charge is 0.315 e. The number of aromatic nitrogens is 2. The molecule has 2 aromatic rings. The molecule has 6 nitrogen and oxygen atoms in total. The van der Waals surface area contributed by atoms with Gasteiger partial charge < -0.3 is 15.7 Å². The van der Waals surface area contributed by atoms with Crippen molar-refractivity contribution < 1.29 is 9.90 Å². The fourth-order valence-electron chi connectivity index (χ4n) is 1.95. The molecule has 0 fully saturated rings. The highest BCUT2D eigenvalue weighted by atomic mass is 16.3. The molecule has 0 aliphatic rings. The Morgan fingerprint density at radius 1 is 1.43 bits per heavy atom. The van der Waals surface area contributed by atoms with Crippen molar-refractivity contribution in [1.29, 1.82) is 0 Å². The molecule has 2 amide bonds. The predicted molar refractivity (Wildman–Crippen MR) is 80.1 cm³/mol. The Hall–Kier alpha value is -2.34. The van der Waals surface area contributed by atoms with Crippen molar-refractivity contribution in [2.45, 2.75) is 25.9 Å². The van der Waals surface area contributed by atoms with E-state index in [2.05, 4.69) is 15.7 Å². The Kier molecular flexibility index (Phi) is 5.34. The van der Waals surface area contributed by atoms with Crippen LogP contribution in [0.4, 0.5) is 4.79 Å². The van der Waals surface area contributed by atoms with Crippen LogP contribution in [0.25, 0.3) is 5.69 Å². The van der Waals surface area contributed by atoms with Crippen LogP contribution < -0.4 is 10.6 Å². The molecule has 0 spiro atoms. The first-order valence-electron chi connectivity index (χ1n) is 6.93. The van der Waals surface area contributed by atoms with Gasteiger partial charge in [-0.1, -0.05) is 12.1 Å². The van der Waals surface area contributed by atoms with E-state index in [1.807, 2.05) is 43.5 Å². The van der Waals surface area contributed by atoms with Crippen LogP contribution in [0.3, 0.4) is 0 Å². The van der Waals surface area contributed by atoms with E-state index in [0.29, 0.717) is 13.0 Å². The molecule has 0 aliphatic heterocycles. The van der Waals surface area contributed by atoms with Crippen LogP contribution in [-0.2, 0) is 6.54 Å². The Labute approximate surface area is 123 Å². The fourth-order valence-corrected chi connectivity index (χ4v) is 1.95. The third-order valence-corrected chi connectivity index (χ3v) is 3.07. The first kappa shape index (κ1) is 15.1. The van der Waals surface area contributed by atoms with E-state index in [4.69, 9.17) is 5.11 Å². The van der Waals surface area contributed by atoms with Crippen LogP contribution in [0.1, 0.15) is 18.9 Å². The summed E-state index contributed by atoms with van der Waals surface area (Å²) in [6.07, 6.45) is 4.14. The van der Waals surface area contributed by atoms with Crippen molar-refractivity contribution in [1.82, 2.24) is 20.4 Å². The second-order valence-electron chi connectivity index (χ2n) is 4.86. The molecular formula is C15H20N4O2. The highest BCUT2D eigenvalue weighted by Crippen LogP contribution is 2.09. The maximum Gasteiger partial charge on any atom is 0.315 e. The minimum Gasteiger partial charge on any atom is -0.396 e. The standard InChI is InChI=1S/C15H20N4O2/c1-12(6-9-20)18-15(21)16-11-13-4-2-5-14(10-13)19-8-3-7-17-19/h2-5,7-8,10,12,20H,6,9,11H2,1H3,(H2,16,18,21)/t12-/m1/s1. The van der Waals surface area contributed by atoms with Gasteiger partial charge in [0.15, 0.2) is 0 Å². The first-order valence-corrected chi connectivity index (χ1v) is 6.93. The summed E-state index contributed by atoms with van der Waals surface area (Å²) in [7, 11) is 0. The van der Waals surface area contributed by atoms with Gasteiger partial charge in [0.2, 0.25) is 0 Å². The summed E-state index contributed by atoms with van der Waals surface area (Å²) in [6.45, 7) is 2.36. The minimum atomic E-state index is -0.236. The lowest BCUT2D eigenvalue weighted by Crippen LogP contribution is -2.40. The van der Waals surface area contributed by atoms with Gasteiger partial charge in [0.05, 0.1) is 5.69 Å². The van der Waals surface area contributed by atoms with Gasteiger partial charge in [0, 0.05) is 31.6 Å². The van der Waals surface area contributed by atoms with Crippen molar-refractivity contribution in [3.8, 4) is 5.69 Å². The Morgan fingerprint density at radius 3 is 3.00 bits per heavy atom. The number of nitrogens with one attached hydrogen (secondary N) is 2. The van der Waals surface area contributed by atoms with Crippen molar-refractivity contribution in [3.63, 3.8) is 0 Å². The first-order chi connectivity index (χ1) is 10.2. The van der Waals surface area contributed by atoms with Crippen LogP contribution in [0, 0.1) is 0 Å². The topological polar surface area (TPSA) is 79.2 Å². The lowest BCUT2D eigenvalue weighted by atomic mass is 10.2. The summed E-state index contributed by atoms with van der Waals surface area (Å²) < 4.78 is 1.77. The number of aliphatic hydroxyl groups excluding tert-OH is 1. The van der Waals surface area contributed by atoms with Crippen molar-refractivity contribution in [2.75, 3.05) is 6.61 Å². The number of amides is 2. The highest BCUT2D eigenvalue weighted by molar-refractivity contribution is 5.74. The van der Waals surface area contributed by atoms with Crippen LogP contribution in [-0.4, -0.2) is 33.6 Å². The summed E-state index contributed by atoms with van der Waals surface area (Å²) in [4.78, 5) is 11.7. The maximum atomic E-state index is 11.7. The van der Waals surface area contributed by atoms with E-state index in [0.717, 1.165) is 11.3 Å². The predicted octanol–water partition coefficient (Wildman–Crippen LogP) is 1.44. The van der Waals surface area contributed by atoms with Crippen LogP contribution in [0.15, 0.2) is 42.7 Å². The number of urea groups is 1. The quantitative estimate of drug-likeness (QED) is 0.752. The number of benzene rings is 1. The Morgan fingerprint density at radius 2 is 2.29 bits per heavy atom. The lowest BCUT2D eigenvalue weighted by Gasteiger charge is -2.13. The molecule has 0 aliphatic carbocycles.